The Morgan fingerprint density at radius 2 is 1.54 bits per heavy atom. The standard InChI is InChI=1S/C28H29FN2O4/c1-34-23-11-5-20(6-12-23)27-25(28(33)30-18-17-19-3-7-21(29)8-4-19)15-16-26(32)31(27)22-9-13-24(35-2)14-10-22/h3-14,25,27H,15-18H2,1-2H3,(H,30,33). The van der Waals surface area contributed by atoms with Crippen LogP contribution in [0, 0.1) is 11.7 Å². The van der Waals surface area contributed by atoms with Crippen molar-refractivity contribution >= 4 is 17.5 Å². The number of methoxy groups -OCH3 is 2. The lowest BCUT2D eigenvalue weighted by atomic mass is 9.83. The van der Waals surface area contributed by atoms with Gasteiger partial charge in [-0.05, 0) is 72.5 Å². The summed E-state index contributed by atoms with van der Waals surface area (Å²) >= 11 is 0. The Kier molecular flexibility index (Phi) is 7.65. The van der Waals surface area contributed by atoms with Gasteiger partial charge in [0.1, 0.15) is 17.3 Å². The molecule has 3 aromatic carbocycles. The molecule has 3 aromatic rings. The van der Waals surface area contributed by atoms with Crippen LogP contribution in [0.1, 0.15) is 30.0 Å². The van der Waals surface area contributed by atoms with Gasteiger partial charge in [-0.2, -0.15) is 0 Å². The van der Waals surface area contributed by atoms with Crippen molar-refractivity contribution in [3.63, 3.8) is 0 Å². The monoisotopic (exact) mass is 476 g/mol. The number of halogens is 1. The normalized spacial score (nSPS) is 17.7. The van der Waals surface area contributed by atoms with Crippen LogP contribution in [0.2, 0.25) is 0 Å². The Balaban J connectivity index is 1.59. The highest BCUT2D eigenvalue weighted by Gasteiger charge is 2.41. The summed E-state index contributed by atoms with van der Waals surface area (Å²) in [6, 6.07) is 20.5. The fraction of sp³-hybridized carbons (Fsp3) is 0.286. The maximum absolute atomic E-state index is 13.4. The number of benzene rings is 3. The smallest absolute Gasteiger partial charge is 0.227 e. The molecule has 1 N–H and O–H groups in total. The van der Waals surface area contributed by atoms with Crippen molar-refractivity contribution in [2.75, 3.05) is 25.7 Å². The second-order valence-corrected chi connectivity index (χ2v) is 8.49. The predicted molar refractivity (Wildman–Crippen MR) is 132 cm³/mol. The largest absolute Gasteiger partial charge is 0.497 e. The molecule has 2 unspecified atom stereocenters. The molecule has 0 saturated carbocycles. The Morgan fingerprint density at radius 3 is 2.14 bits per heavy atom. The van der Waals surface area contributed by atoms with Crippen LogP contribution in [0.5, 0.6) is 11.5 Å². The molecule has 182 valence electrons. The topological polar surface area (TPSA) is 67.9 Å². The van der Waals surface area contributed by atoms with Crippen molar-refractivity contribution < 1.29 is 23.5 Å². The molecule has 2 atom stereocenters. The van der Waals surface area contributed by atoms with Crippen LogP contribution in [0.4, 0.5) is 10.1 Å². The van der Waals surface area contributed by atoms with Gasteiger partial charge >= 0.3 is 0 Å². The van der Waals surface area contributed by atoms with E-state index in [1.807, 2.05) is 36.4 Å². The summed E-state index contributed by atoms with van der Waals surface area (Å²) < 4.78 is 23.7. The Bertz CT molecular complexity index is 1150. The highest BCUT2D eigenvalue weighted by Crippen LogP contribution is 2.40. The average Bonchev–Trinajstić information content (AvgIpc) is 2.89. The number of rotatable bonds is 8. The summed E-state index contributed by atoms with van der Waals surface area (Å²) in [6.07, 6.45) is 1.31. The highest BCUT2D eigenvalue weighted by atomic mass is 19.1. The van der Waals surface area contributed by atoms with Crippen molar-refractivity contribution in [2.24, 2.45) is 5.92 Å². The van der Waals surface area contributed by atoms with Gasteiger partial charge in [0, 0.05) is 18.7 Å². The number of ether oxygens (including phenoxy) is 2. The van der Waals surface area contributed by atoms with E-state index in [0.717, 1.165) is 11.1 Å². The van der Waals surface area contributed by atoms with Crippen molar-refractivity contribution in [2.45, 2.75) is 25.3 Å². The molecule has 6 nitrogen and oxygen atoms in total. The summed E-state index contributed by atoms with van der Waals surface area (Å²) in [6.45, 7) is 0.423. The quantitative estimate of drug-likeness (QED) is 0.512. The molecule has 1 heterocycles. The average molecular weight is 477 g/mol. The first-order valence-electron chi connectivity index (χ1n) is 11.6. The van der Waals surface area contributed by atoms with Gasteiger partial charge in [0.15, 0.2) is 0 Å². The minimum atomic E-state index is -0.471. The lowest BCUT2D eigenvalue weighted by molar-refractivity contribution is -0.129. The summed E-state index contributed by atoms with van der Waals surface area (Å²) in [5.41, 5.74) is 2.51. The predicted octanol–water partition coefficient (Wildman–Crippen LogP) is 4.69. The maximum atomic E-state index is 13.4. The zero-order chi connectivity index (χ0) is 24.8. The number of hydrogen-bond donors (Lipinski definition) is 1. The lowest BCUT2D eigenvalue weighted by Gasteiger charge is -2.41. The minimum Gasteiger partial charge on any atom is -0.497 e. The molecule has 4 rings (SSSR count). The first-order chi connectivity index (χ1) is 17.0. The van der Waals surface area contributed by atoms with E-state index < -0.39 is 12.0 Å². The molecule has 1 saturated heterocycles. The van der Waals surface area contributed by atoms with Crippen LogP contribution in [0.25, 0.3) is 0 Å². The van der Waals surface area contributed by atoms with E-state index in [1.165, 1.54) is 12.1 Å². The Morgan fingerprint density at radius 1 is 0.943 bits per heavy atom. The fourth-order valence-electron chi connectivity index (χ4n) is 4.51. The number of amides is 2. The zero-order valence-corrected chi connectivity index (χ0v) is 19.9. The van der Waals surface area contributed by atoms with Crippen LogP contribution < -0.4 is 19.7 Å². The molecule has 0 spiro atoms. The molecule has 0 bridgehead atoms. The van der Waals surface area contributed by atoms with E-state index in [0.29, 0.717) is 36.6 Å². The number of nitrogens with zero attached hydrogens (tertiary/aromatic N) is 1. The van der Waals surface area contributed by atoms with E-state index in [2.05, 4.69) is 5.32 Å². The first-order valence-corrected chi connectivity index (χ1v) is 11.6. The fourth-order valence-corrected chi connectivity index (χ4v) is 4.51. The third-order valence-electron chi connectivity index (χ3n) is 6.37. The number of hydrogen-bond acceptors (Lipinski definition) is 4. The second kappa shape index (κ2) is 11.0. The van der Waals surface area contributed by atoms with E-state index >= 15 is 0 Å². The van der Waals surface area contributed by atoms with Crippen molar-refractivity contribution in [1.29, 1.82) is 0 Å². The third kappa shape index (κ3) is 5.62. The molecule has 2 amide bonds. The number of anilines is 1. The van der Waals surface area contributed by atoms with Crippen LogP contribution >= 0.6 is 0 Å². The summed E-state index contributed by atoms with van der Waals surface area (Å²) in [7, 11) is 3.19. The molecule has 7 heteroatoms. The molecule has 0 radical (unpaired) electrons. The van der Waals surface area contributed by atoms with Crippen LogP contribution in [0.3, 0.4) is 0 Å². The molecular formula is C28H29FN2O4. The van der Waals surface area contributed by atoms with Gasteiger partial charge in [-0.3, -0.25) is 9.59 Å². The van der Waals surface area contributed by atoms with E-state index in [9.17, 15) is 14.0 Å². The van der Waals surface area contributed by atoms with E-state index in [1.54, 1.807) is 43.4 Å². The Labute approximate surface area is 204 Å². The minimum absolute atomic E-state index is 0.0358. The van der Waals surface area contributed by atoms with Gasteiger partial charge < -0.3 is 19.7 Å². The summed E-state index contributed by atoms with van der Waals surface area (Å²) in [4.78, 5) is 28.3. The van der Waals surface area contributed by atoms with Gasteiger partial charge in [-0.15, -0.1) is 0 Å². The van der Waals surface area contributed by atoms with Gasteiger partial charge in [0.05, 0.1) is 26.2 Å². The highest BCUT2D eigenvalue weighted by molar-refractivity contribution is 5.97. The molecule has 0 aliphatic carbocycles. The van der Waals surface area contributed by atoms with Gasteiger partial charge in [-0.25, -0.2) is 4.39 Å². The first kappa shape index (κ1) is 24.3. The number of carbonyl (C=O) groups excluding carboxylic acids is 2. The van der Waals surface area contributed by atoms with Gasteiger partial charge in [0.2, 0.25) is 11.8 Å². The molecule has 1 aliphatic heterocycles. The SMILES string of the molecule is COc1ccc(C2C(C(=O)NCCc3ccc(F)cc3)CCC(=O)N2c2ccc(OC)cc2)cc1. The maximum Gasteiger partial charge on any atom is 0.227 e. The van der Waals surface area contributed by atoms with Gasteiger partial charge in [0.25, 0.3) is 0 Å². The van der Waals surface area contributed by atoms with Crippen molar-refractivity contribution in [3.05, 3.63) is 89.7 Å². The van der Waals surface area contributed by atoms with Crippen molar-refractivity contribution in [3.8, 4) is 11.5 Å². The van der Waals surface area contributed by atoms with Gasteiger partial charge in [-0.1, -0.05) is 24.3 Å². The van der Waals surface area contributed by atoms with Crippen LogP contribution in [0.15, 0.2) is 72.8 Å². The molecule has 1 aliphatic rings. The molecular weight excluding hydrogens is 447 g/mol. The Hall–Kier alpha value is -3.87. The van der Waals surface area contributed by atoms with Crippen molar-refractivity contribution in [1.82, 2.24) is 5.32 Å². The molecule has 1 fully saturated rings. The summed E-state index contributed by atoms with van der Waals surface area (Å²) in [5.74, 6) is 0.522. The molecule has 0 aromatic heterocycles. The van der Waals surface area contributed by atoms with Crippen LogP contribution in [-0.2, 0) is 16.0 Å². The number of nitrogens with one attached hydrogen (secondary N) is 1. The summed E-state index contributed by atoms with van der Waals surface area (Å²) in [5, 5.41) is 3.03. The number of carbonyl (C=O) groups is 2. The molecule has 35 heavy (non-hydrogen) atoms. The van der Waals surface area contributed by atoms with Crippen LogP contribution in [-0.4, -0.2) is 32.6 Å². The third-order valence-corrected chi connectivity index (χ3v) is 6.37. The lowest BCUT2D eigenvalue weighted by Crippen LogP contribution is -2.48. The second-order valence-electron chi connectivity index (χ2n) is 8.49. The van der Waals surface area contributed by atoms with E-state index in [-0.39, 0.29) is 24.1 Å². The van der Waals surface area contributed by atoms with E-state index in [4.69, 9.17) is 9.47 Å². The number of piperidine rings is 1. The zero-order valence-electron chi connectivity index (χ0n) is 19.9.